The zero-order valence-electron chi connectivity index (χ0n) is 13.1. The van der Waals surface area contributed by atoms with Gasteiger partial charge >= 0.3 is 0 Å². The minimum Gasteiger partial charge on any atom is -0.377 e. The van der Waals surface area contributed by atoms with Crippen LogP contribution in [0.25, 0.3) is 0 Å². The average Bonchev–Trinajstić information content (AvgIpc) is 2.79. The molecule has 1 saturated heterocycles. The fourth-order valence-corrected chi connectivity index (χ4v) is 4.23. The maximum atomic E-state index is 5.98. The Morgan fingerprint density at radius 3 is 2.80 bits per heavy atom. The molecular weight excluding hydrogens is 250 g/mol. The number of nitrogens with zero attached hydrogens (tertiary/aromatic N) is 1. The third-order valence-corrected chi connectivity index (χ3v) is 5.64. The molecule has 4 heteroatoms. The lowest BCUT2D eigenvalue weighted by molar-refractivity contribution is -0.171. The zero-order chi connectivity index (χ0) is 14.2. The third kappa shape index (κ3) is 2.12. The van der Waals surface area contributed by atoms with Crippen molar-refractivity contribution in [2.24, 2.45) is 16.3 Å². The van der Waals surface area contributed by atoms with Gasteiger partial charge in [-0.05, 0) is 39.5 Å². The minimum atomic E-state index is 0.423. The van der Waals surface area contributed by atoms with E-state index in [1.807, 2.05) is 0 Å². The van der Waals surface area contributed by atoms with Gasteiger partial charge in [-0.25, -0.2) is 0 Å². The van der Waals surface area contributed by atoms with Gasteiger partial charge in [0.1, 0.15) is 0 Å². The van der Waals surface area contributed by atoms with Crippen LogP contribution < -0.4 is 10.6 Å². The number of ether oxygens (including phenoxy) is 1. The number of nitrogens with one attached hydrogen (secondary N) is 2. The number of hydrogen-bond acceptors (Lipinski definition) is 2. The van der Waals surface area contributed by atoms with Crippen molar-refractivity contribution in [2.75, 3.05) is 13.2 Å². The fourth-order valence-electron chi connectivity index (χ4n) is 4.23. The molecule has 0 radical (unpaired) electrons. The highest BCUT2D eigenvalue weighted by Gasteiger charge is 2.66. The summed E-state index contributed by atoms with van der Waals surface area (Å²) in [5, 5.41) is 7.27. The van der Waals surface area contributed by atoms with Crippen LogP contribution in [0.15, 0.2) is 4.99 Å². The maximum Gasteiger partial charge on any atom is 0.191 e. The molecule has 1 aliphatic heterocycles. The molecule has 4 unspecified atom stereocenters. The SMILES string of the molecule is CCN=C(NC(C)CC)NC1C2CCOC2C12CCC2. The van der Waals surface area contributed by atoms with Gasteiger partial charge in [0.25, 0.3) is 0 Å². The average molecular weight is 279 g/mol. The van der Waals surface area contributed by atoms with E-state index in [-0.39, 0.29) is 0 Å². The predicted octanol–water partition coefficient (Wildman–Crippen LogP) is 2.30. The van der Waals surface area contributed by atoms with Crippen molar-refractivity contribution < 1.29 is 4.74 Å². The van der Waals surface area contributed by atoms with Crippen LogP contribution in [0, 0.1) is 11.3 Å². The van der Waals surface area contributed by atoms with Gasteiger partial charge in [0.2, 0.25) is 0 Å². The second kappa shape index (κ2) is 5.55. The monoisotopic (exact) mass is 279 g/mol. The zero-order valence-corrected chi connectivity index (χ0v) is 13.1. The molecule has 4 atom stereocenters. The Hall–Kier alpha value is -0.770. The first kappa shape index (κ1) is 14.2. The summed E-state index contributed by atoms with van der Waals surface area (Å²) in [5.41, 5.74) is 0.423. The van der Waals surface area contributed by atoms with E-state index in [0.717, 1.165) is 25.5 Å². The lowest BCUT2D eigenvalue weighted by atomic mass is 9.46. The van der Waals surface area contributed by atoms with Crippen molar-refractivity contribution in [3.63, 3.8) is 0 Å². The van der Waals surface area contributed by atoms with Crippen LogP contribution >= 0.6 is 0 Å². The molecule has 20 heavy (non-hydrogen) atoms. The summed E-state index contributed by atoms with van der Waals surface area (Å²) in [4.78, 5) is 4.63. The first-order valence-corrected chi connectivity index (χ1v) is 8.40. The molecule has 4 nitrogen and oxygen atoms in total. The molecule has 2 N–H and O–H groups in total. The Labute approximate surface area is 122 Å². The van der Waals surface area contributed by atoms with E-state index in [1.165, 1.54) is 25.7 Å². The molecule has 3 aliphatic rings. The molecule has 114 valence electrons. The van der Waals surface area contributed by atoms with Crippen LogP contribution in [-0.2, 0) is 4.74 Å². The number of fused-ring (bicyclic) bond motifs is 2. The Kier molecular flexibility index (Phi) is 3.93. The lowest BCUT2D eigenvalue weighted by Crippen LogP contribution is -2.72. The second-order valence-electron chi connectivity index (χ2n) is 6.73. The highest BCUT2D eigenvalue weighted by Crippen LogP contribution is 2.62. The fraction of sp³-hybridized carbons (Fsp3) is 0.938. The van der Waals surface area contributed by atoms with E-state index in [1.54, 1.807) is 0 Å². The van der Waals surface area contributed by atoms with Crippen molar-refractivity contribution in [3.05, 3.63) is 0 Å². The van der Waals surface area contributed by atoms with Crippen LogP contribution in [0.5, 0.6) is 0 Å². The molecular formula is C16H29N3O. The molecule has 3 fully saturated rings. The Morgan fingerprint density at radius 1 is 1.40 bits per heavy atom. The Morgan fingerprint density at radius 2 is 2.20 bits per heavy atom. The summed E-state index contributed by atoms with van der Waals surface area (Å²) >= 11 is 0. The normalized spacial score (nSPS) is 36.0. The van der Waals surface area contributed by atoms with Gasteiger partial charge in [0.15, 0.2) is 5.96 Å². The summed E-state index contributed by atoms with van der Waals surface area (Å²) in [6.07, 6.45) is 6.88. The van der Waals surface area contributed by atoms with Crippen LogP contribution in [0.3, 0.4) is 0 Å². The Balaban J connectivity index is 1.67. The number of hydrogen-bond donors (Lipinski definition) is 2. The quantitative estimate of drug-likeness (QED) is 0.613. The van der Waals surface area contributed by atoms with Gasteiger partial charge in [0.05, 0.1) is 6.10 Å². The topological polar surface area (TPSA) is 45.7 Å². The van der Waals surface area contributed by atoms with E-state index in [2.05, 4.69) is 36.4 Å². The van der Waals surface area contributed by atoms with Crippen molar-refractivity contribution in [3.8, 4) is 0 Å². The van der Waals surface area contributed by atoms with E-state index in [4.69, 9.17) is 4.74 Å². The van der Waals surface area contributed by atoms with E-state index >= 15 is 0 Å². The lowest BCUT2D eigenvalue weighted by Gasteiger charge is -2.63. The van der Waals surface area contributed by atoms with Gasteiger partial charge in [-0.3, -0.25) is 4.99 Å². The molecule has 0 aromatic carbocycles. The largest absolute Gasteiger partial charge is 0.377 e. The number of rotatable bonds is 4. The van der Waals surface area contributed by atoms with Crippen molar-refractivity contribution >= 4 is 5.96 Å². The van der Waals surface area contributed by atoms with Crippen LogP contribution in [0.2, 0.25) is 0 Å². The standard InChI is InChI=1S/C16H29N3O/c1-4-11(3)18-15(17-5-2)19-13-12-7-10-20-14(12)16(13)8-6-9-16/h11-14H,4-10H2,1-3H3,(H2,17,18,19). The van der Waals surface area contributed by atoms with Gasteiger partial charge in [0, 0.05) is 36.6 Å². The maximum absolute atomic E-state index is 5.98. The first-order valence-electron chi connectivity index (χ1n) is 8.40. The van der Waals surface area contributed by atoms with E-state index < -0.39 is 0 Å². The highest BCUT2D eigenvalue weighted by molar-refractivity contribution is 5.80. The van der Waals surface area contributed by atoms with Crippen LogP contribution in [0.4, 0.5) is 0 Å². The minimum absolute atomic E-state index is 0.423. The van der Waals surface area contributed by atoms with Gasteiger partial charge in [-0.2, -0.15) is 0 Å². The summed E-state index contributed by atoms with van der Waals surface area (Å²) in [6.45, 7) is 8.30. The highest BCUT2D eigenvalue weighted by atomic mass is 16.5. The summed E-state index contributed by atoms with van der Waals surface area (Å²) < 4.78 is 5.98. The smallest absolute Gasteiger partial charge is 0.191 e. The first-order chi connectivity index (χ1) is 9.71. The molecule has 0 bridgehead atoms. The molecule has 1 heterocycles. The predicted molar refractivity (Wildman–Crippen MR) is 81.9 cm³/mol. The van der Waals surface area contributed by atoms with Crippen molar-refractivity contribution in [1.82, 2.24) is 10.6 Å². The number of aliphatic imine (C=N–C) groups is 1. The molecule has 1 spiro atoms. The Bertz CT molecular complexity index is 378. The molecule has 0 aromatic rings. The molecule has 2 saturated carbocycles. The van der Waals surface area contributed by atoms with Crippen molar-refractivity contribution in [1.29, 1.82) is 0 Å². The van der Waals surface area contributed by atoms with Crippen LogP contribution in [0.1, 0.15) is 52.9 Å². The van der Waals surface area contributed by atoms with Gasteiger partial charge < -0.3 is 15.4 Å². The summed E-state index contributed by atoms with van der Waals surface area (Å²) in [5.74, 6) is 1.71. The summed E-state index contributed by atoms with van der Waals surface area (Å²) in [6, 6.07) is 1.05. The van der Waals surface area contributed by atoms with E-state index in [0.29, 0.717) is 29.5 Å². The summed E-state index contributed by atoms with van der Waals surface area (Å²) in [7, 11) is 0. The van der Waals surface area contributed by atoms with Gasteiger partial charge in [-0.15, -0.1) is 0 Å². The molecule has 0 amide bonds. The van der Waals surface area contributed by atoms with Gasteiger partial charge in [-0.1, -0.05) is 13.3 Å². The molecule has 0 aromatic heterocycles. The third-order valence-electron chi connectivity index (χ3n) is 5.64. The van der Waals surface area contributed by atoms with Crippen LogP contribution in [-0.4, -0.2) is 37.3 Å². The number of guanidine groups is 1. The molecule has 3 rings (SSSR count). The molecule has 2 aliphatic carbocycles. The second-order valence-corrected chi connectivity index (χ2v) is 6.73. The van der Waals surface area contributed by atoms with E-state index in [9.17, 15) is 0 Å². The van der Waals surface area contributed by atoms with Crippen molar-refractivity contribution in [2.45, 2.75) is 71.1 Å².